The maximum atomic E-state index is 12.6. The van der Waals surface area contributed by atoms with E-state index in [1.807, 2.05) is 12.1 Å². The molecule has 0 aliphatic carbocycles. The van der Waals surface area contributed by atoms with Crippen LogP contribution in [0.25, 0.3) is 0 Å². The molecule has 8 heteroatoms. The summed E-state index contributed by atoms with van der Waals surface area (Å²) in [6, 6.07) is 7.00. The number of rotatable bonds is 6. The van der Waals surface area contributed by atoms with Crippen LogP contribution in [0.15, 0.2) is 44.5 Å². The fourth-order valence-electron chi connectivity index (χ4n) is 2.82. The smallest absolute Gasteiger partial charge is 0.252 e. The van der Waals surface area contributed by atoms with Gasteiger partial charge in [-0.05, 0) is 36.4 Å². The van der Waals surface area contributed by atoms with Crippen LogP contribution in [0, 0.1) is 5.92 Å². The third-order valence-electron chi connectivity index (χ3n) is 4.09. The lowest BCUT2D eigenvalue weighted by Crippen LogP contribution is -2.45. The second-order valence-corrected chi connectivity index (χ2v) is 8.87. The minimum Gasteiger partial charge on any atom is -0.469 e. The molecule has 1 unspecified atom stereocenters. The Morgan fingerprint density at radius 2 is 2.25 bits per heavy atom. The van der Waals surface area contributed by atoms with Gasteiger partial charge in [-0.3, -0.25) is 4.79 Å². The zero-order valence-corrected chi connectivity index (χ0v) is 14.8. The molecule has 6 nitrogen and oxygen atoms in total. The first-order valence-electron chi connectivity index (χ1n) is 7.91. The number of thiophene rings is 1. The van der Waals surface area contributed by atoms with Crippen molar-refractivity contribution in [2.75, 3.05) is 19.6 Å². The fourth-order valence-corrected chi connectivity index (χ4v) is 5.49. The summed E-state index contributed by atoms with van der Waals surface area (Å²) in [4.78, 5) is 12.3. The summed E-state index contributed by atoms with van der Waals surface area (Å²) in [5.74, 6) is 0.429. The number of hydrogen-bond acceptors (Lipinski definition) is 5. The van der Waals surface area contributed by atoms with Crippen molar-refractivity contribution in [3.05, 3.63) is 41.7 Å². The maximum Gasteiger partial charge on any atom is 0.252 e. The molecule has 0 radical (unpaired) electrons. The number of furan rings is 1. The van der Waals surface area contributed by atoms with E-state index < -0.39 is 10.0 Å². The molecule has 2 aromatic heterocycles. The van der Waals surface area contributed by atoms with Gasteiger partial charge < -0.3 is 9.73 Å². The average Bonchev–Trinajstić information content (AvgIpc) is 3.29. The zero-order valence-electron chi connectivity index (χ0n) is 13.2. The van der Waals surface area contributed by atoms with Crippen LogP contribution in [0.2, 0.25) is 0 Å². The highest BCUT2D eigenvalue weighted by Crippen LogP contribution is 2.26. The predicted molar refractivity (Wildman–Crippen MR) is 91.2 cm³/mol. The van der Waals surface area contributed by atoms with Crippen molar-refractivity contribution in [2.45, 2.75) is 23.5 Å². The Hall–Kier alpha value is -1.64. The quantitative estimate of drug-likeness (QED) is 0.847. The third kappa shape index (κ3) is 3.88. The van der Waals surface area contributed by atoms with Crippen molar-refractivity contribution < 1.29 is 17.6 Å². The standard InChI is InChI=1S/C16H20N2O4S2/c19-16(17-8-7-14-5-2-10-22-14)13-4-1-9-18(12-13)24(20,21)15-6-3-11-23-15/h2-3,5-6,10-11,13H,1,4,7-9,12H2,(H,17,19). The van der Waals surface area contributed by atoms with Crippen LogP contribution < -0.4 is 5.32 Å². The molecular weight excluding hydrogens is 348 g/mol. The number of carbonyl (C=O) groups is 1. The van der Waals surface area contributed by atoms with Gasteiger partial charge in [0.2, 0.25) is 5.91 Å². The van der Waals surface area contributed by atoms with E-state index in [-0.39, 0.29) is 18.4 Å². The number of nitrogens with zero attached hydrogens (tertiary/aromatic N) is 1. The molecule has 0 aromatic carbocycles. The van der Waals surface area contributed by atoms with Gasteiger partial charge in [0.05, 0.1) is 12.2 Å². The average molecular weight is 368 g/mol. The molecule has 2 aromatic rings. The minimum atomic E-state index is -3.48. The molecule has 1 aliphatic rings. The zero-order chi connectivity index (χ0) is 17.0. The molecule has 3 rings (SSSR count). The second-order valence-electron chi connectivity index (χ2n) is 5.75. The summed E-state index contributed by atoms with van der Waals surface area (Å²) in [6.45, 7) is 1.20. The highest BCUT2D eigenvalue weighted by Gasteiger charge is 2.33. The molecule has 1 saturated heterocycles. The number of piperidine rings is 1. The van der Waals surface area contributed by atoms with E-state index in [1.54, 1.807) is 23.8 Å². The normalized spacial score (nSPS) is 19.2. The summed E-state index contributed by atoms with van der Waals surface area (Å²) < 4.78 is 32.1. The van der Waals surface area contributed by atoms with E-state index in [9.17, 15) is 13.2 Å². The monoisotopic (exact) mass is 368 g/mol. The van der Waals surface area contributed by atoms with Gasteiger partial charge in [0, 0.05) is 26.1 Å². The molecule has 0 bridgehead atoms. The molecule has 3 heterocycles. The van der Waals surface area contributed by atoms with E-state index in [4.69, 9.17) is 4.42 Å². The lowest BCUT2D eigenvalue weighted by molar-refractivity contribution is -0.126. The Balaban J connectivity index is 1.56. The Bertz CT molecular complexity index is 754. The SMILES string of the molecule is O=C(NCCc1ccco1)C1CCCN(S(=O)(=O)c2cccs2)C1. The fraction of sp³-hybridized carbons (Fsp3) is 0.438. The molecule has 1 amide bonds. The number of hydrogen-bond donors (Lipinski definition) is 1. The van der Waals surface area contributed by atoms with Gasteiger partial charge in [-0.15, -0.1) is 11.3 Å². The maximum absolute atomic E-state index is 12.6. The van der Waals surface area contributed by atoms with Crippen molar-refractivity contribution in [2.24, 2.45) is 5.92 Å². The first kappa shape index (κ1) is 17.2. The van der Waals surface area contributed by atoms with E-state index >= 15 is 0 Å². The number of nitrogens with one attached hydrogen (secondary N) is 1. The van der Waals surface area contributed by atoms with Crippen molar-refractivity contribution in [3.8, 4) is 0 Å². The van der Waals surface area contributed by atoms with Gasteiger partial charge >= 0.3 is 0 Å². The summed E-state index contributed by atoms with van der Waals surface area (Å²) in [5.41, 5.74) is 0. The minimum absolute atomic E-state index is 0.0902. The lowest BCUT2D eigenvalue weighted by atomic mass is 9.99. The van der Waals surface area contributed by atoms with Crippen molar-refractivity contribution in [1.82, 2.24) is 9.62 Å². The summed E-state index contributed by atoms with van der Waals surface area (Å²) >= 11 is 1.20. The first-order chi connectivity index (χ1) is 11.6. The van der Waals surface area contributed by atoms with Crippen molar-refractivity contribution >= 4 is 27.3 Å². The van der Waals surface area contributed by atoms with E-state index in [1.165, 1.54) is 15.6 Å². The Morgan fingerprint density at radius 1 is 1.38 bits per heavy atom. The molecule has 130 valence electrons. The Kier molecular flexibility index (Phi) is 5.37. The van der Waals surface area contributed by atoms with Gasteiger partial charge in [0.1, 0.15) is 9.97 Å². The predicted octanol–water partition coefficient (Wildman–Crippen LogP) is 2.10. The molecule has 0 spiro atoms. The molecule has 1 fully saturated rings. The van der Waals surface area contributed by atoms with E-state index in [0.717, 1.165) is 5.76 Å². The topological polar surface area (TPSA) is 79.6 Å². The number of sulfonamides is 1. The molecule has 0 saturated carbocycles. The van der Waals surface area contributed by atoms with E-state index in [0.29, 0.717) is 36.6 Å². The van der Waals surface area contributed by atoms with Crippen LogP contribution in [0.4, 0.5) is 0 Å². The van der Waals surface area contributed by atoms with Gasteiger partial charge in [-0.2, -0.15) is 4.31 Å². The summed E-state index contributed by atoms with van der Waals surface area (Å²) in [6.07, 6.45) is 3.64. The molecule has 1 atom stereocenters. The molecule has 24 heavy (non-hydrogen) atoms. The Morgan fingerprint density at radius 3 is 2.96 bits per heavy atom. The molecule has 1 N–H and O–H groups in total. The van der Waals surface area contributed by atoms with Gasteiger partial charge in [0.15, 0.2) is 0 Å². The third-order valence-corrected chi connectivity index (χ3v) is 7.33. The van der Waals surface area contributed by atoms with Gasteiger partial charge in [-0.25, -0.2) is 8.42 Å². The van der Waals surface area contributed by atoms with Crippen LogP contribution in [-0.2, 0) is 21.2 Å². The summed E-state index contributed by atoms with van der Waals surface area (Å²) in [7, 11) is -3.48. The lowest BCUT2D eigenvalue weighted by Gasteiger charge is -2.30. The summed E-state index contributed by atoms with van der Waals surface area (Å²) in [5, 5.41) is 4.63. The highest BCUT2D eigenvalue weighted by molar-refractivity contribution is 7.91. The second kappa shape index (κ2) is 7.50. The molecule has 1 aliphatic heterocycles. The molecular formula is C16H20N2O4S2. The Labute approximate surface area is 145 Å². The van der Waals surface area contributed by atoms with E-state index in [2.05, 4.69) is 5.32 Å². The van der Waals surface area contributed by atoms with Crippen molar-refractivity contribution in [1.29, 1.82) is 0 Å². The van der Waals surface area contributed by atoms with Crippen LogP contribution in [0.5, 0.6) is 0 Å². The van der Waals surface area contributed by atoms with Crippen molar-refractivity contribution in [3.63, 3.8) is 0 Å². The number of amides is 1. The van der Waals surface area contributed by atoms with Gasteiger partial charge in [-0.1, -0.05) is 6.07 Å². The first-order valence-corrected chi connectivity index (χ1v) is 10.2. The number of carbonyl (C=O) groups excluding carboxylic acids is 1. The highest BCUT2D eigenvalue weighted by atomic mass is 32.2. The van der Waals surface area contributed by atoms with Crippen LogP contribution in [0.3, 0.4) is 0 Å². The van der Waals surface area contributed by atoms with Crippen LogP contribution in [0.1, 0.15) is 18.6 Å². The van der Waals surface area contributed by atoms with Gasteiger partial charge in [0.25, 0.3) is 10.0 Å². The van der Waals surface area contributed by atoms with Crippen LogP contribution >= 0.6 is 11.3 Å². The van der Waals surface area contributed by atoms with Crippen LogP contribution in [-0.4, -0.2) is 38.3 Å². The largest absolute Gasteiger partial charge is 0.469 e.